The highest BCUT2D eigenvalue weighted by Crippen LogP contribution is 2.31. The molecule has 0 aliphatic rings. The highest BCUT2D eigenvalue weighted by atomic mass is 35.5. The Balaban J connectivity index is 1.64. The molecule has 0 radical (unpaired) electrons. The summed E-state index contributed by atoms with van der Waals surface area (Å²) in [6, 6.07) is 21.2. The van der Waals surface area contributed by atoms with Crippen molar-refractivity contribution in [1.82, 2.24) is 5.32 Å². The van der Waals surface area contributed by atoms with Gasteiger partial charge in [-0.3, -0.25) is 0 Å². The number of halogens is 5. The van der Waals surface area contributed by atoms with Crippen molar-refractivity contribution in [1.29, 1.82) is 0 Å². The van der Waals surface area contributed by atoms with Gasteiger partial charge in [0.15, 0.2) is 0 Å². The van der Waals surface area contributed by atoms with Crippen molar-refractivity contribution < 1.29 is 13.2 Å². The Labute approximate surface area is 191 Å². The van der Waals surface area contributed by atoms with E-state index >= 15 is 0 Å². The van der Waals surface area contributed by atoms with Gasteiger partial charge >= 0.3 is 6.18 Å². The molecule has 164 valence electrons. The molecule has 6 heteroatoms. The third-order valence-electron chi connectivity index (χ3n) is 5.27. The van der Waals surface area contributed by atoms with Crippen molar-refractivity contribution >= 4 is 23.2 Å². The lowest BCUT2D eigenvalue weighted by Gasteiger charge is -2.21. The predicted molar refractivity (Wildman–Crippen MR) is 122 cm³/mol. The first kappa shape index (κ1) is 23.6. The van der Waals surface area contributed by atoms with Gasteiger partial charge in [0, 0.05) is 22.0 Å². The molecule has 0 spiro atoms. The van der Waals surface area contributed by atoms with Crippen LogP contribution in [0.15, 0.2) is 72.8 Å². The number of alkyl halides is 3. The molecule has 0 bridgehead atoms. The van der Waals surface area contributed by atoms with Crippen LogP contribution in [-0.2, 0) is 12.6 Å². The van der Waals surface area contributed by atoms with Crippen LogP contribution in [-0.4, -0.2) is 12.6 Å². The van der Waals surface area contributed by atoms with E-state index in [-0.39, 0.29) is 12.0 Å². The molecule has 0 fully saturated rings. The summed E-state index contributed by atoms with van der Waals surface area (Å²) in [6.45, 7) is 2.70. The highest BCUT2D eigenvalue weighted by molar-refractivity contribution is 6.30. The molecule has 1 N–H and O–H groups in total. The number of benzene rings is 3. The van der Waals surface area contributed by atoms with Crippen LogP contribution >= 0.6 is 23.2 Å². The second-order valence-electron chi connectivity index (χ2n) is 7.70. The molecule has 1 unspecified atom stereocenters. The maximum atomic E-state index is 12.9. The van der Waals surface area contributed by atoms with Crippen LogP contribution in [0, 0.1) is 0 Å². The molecule has 0 heterocycles. The van der Waals surface area contributed by atoms with Gasteiger partial charge in [-0.1, -0.05) is 65.7 Å². The first-order valence-electron chi connectivity index (χ1n) is 10.1. The highest BCUT2D eigenvalue weighted by Gasteiger charge is 2.30. The van der Waals surface area contributed by atoms with Crippen LogP contribution in [0.4, 0.5) is 13.2 Å². The Hall–Kier alpha value is -2.01. The normalized spacial score (nSPS) is 12.9. The molecular formula is C25H24Cl2F3N. The number of nitrogens with one attached hydrogen (secondary N) is 1. The lowest BCUT2D eigenvalue weighted by molar-refractivity contribution is -0.137. The second kappa shape index (κ2) is 10.5. The molecule has 3 aromatic carbocycles. The van der Waals surface area contributed by atoms with E-state index in [4.69, 9.17) is 23.2 Å². The zero-order chi connectivity index (χ0) is 22.4. The van der Waals surface area contributed by atoms with Crippen molar-refractivity contribution in [2.24, 2.45) is 0 Å². The Morgan fingerprint density at radius 1 is 0.839 bits per heavy atom. The van der Waals surface area contributed by atoms with E-state index in [0.717, 1.165) is 30.2 Å². The topological polar surface area (TPSA) is 12.0 Å². The van der Waals surface area contributed by atoms with E-state index in [1.54, 1.807) is 6.07 Å². The summed E-state index contributed by atoms with van der Waals surface area (Å²) < 4.78 is 38.8. The van der Waals surface area contributed by atoms with Gasteiger partial charge in [-0.05, 0) is 73.3 Å². The Morgan fingerprint density at radius 3 is 1.90 bits per heavy atom. The minimum Gasteiger partial charge on any atom is -0.314 e. The number of hydrogen-bond acceptors (Lipinski definition) is 1. The van der Waals surface area contributed by atoms with E-state index in [2.05, 4.69) is 5.32 Å². The van der Waals surface area contributed by atoms with Gasteiger partial charge in [-0.25, -0.2) is 0 Å². The minimum atomic E-state index is -4.32. The molecule has 1 atom stereocenters. The summed E-state index contributed by atoms with van der Waals surface area (Å²) in [7, 11) is 0. The van der Waals surface area contributed by atoms with Crippen molar-refractivity contribution in [2.45, 2.75) is 37.9 Å². The van der Waals surface area contributed by atoms with Crippen LogP contribution in [0.25, 0.3) is 0 Å². The van der Waals surface area contributed by atoms with Crippen LogP contribution in [0.2, 0.25) is 10.0 Å². The van der Waals surface area contributed by atoms with E-state index < -0.39 is 11.7 Å². The number of hydrogen-bond donors (Lipinski definition) is 1. The van der Waals surface area contributed by atoms with Gasteiger partial charge in [-0.2, -0.15) is 13.2 Å². The fourth-order valence-corrected chi connectivity index (χ4v) is 3.94. The largest absolute Gasteiger partial charge is 0.416 e. The van der Waals surface area contributed by atoms with Crippen molar-refractivity contribution in [3.8, 4) is 0 Å². The van der Waals surface area contributed by atoms with E-state index in [1.807, 2.05) is 55.5 Å². The molecule has 1 nitrogen and oxygen atoms in total. The Kier molecular flexibility index (Phi) is 8.04. The molecule has 0 saturated carbocycles. The van der Waals surface area contributed by atoms with Gasteiger partial charge in [0.25, 0.3) is 0 Å². The van der Waals surface area contributed by atoms with Crippen LogP contribution < -0.4 is 5.32 Å². The molecular weight excluding hydrogens is 442 g/mol. The Bertz CT molecular complexity index is 924. The summed E-state index contributed by atoms with van der Waals surface area (Å²) >= 11 is 12.1. The third-order valence-corrected chi connectivity index (χ3v) is 5.77. The summed E-state index contributed by atoms with van der Waals surface area (Å²) in [5.74, 6) is 0.155. The molecule has 3 aromatic rings. The Morgan fingerprint density at radius 2 is 1.39 bits per heavy atom. The maximum absolute atomic E-state index is 12.9. The molecule has 0 saturated heterocycles. The summed E-state index contributed by atoms with van der Waals surface area (Å²) in [4.78, 5) is 0. The molecule has 31 heavy (non-hydrogen) atoms. The summed E-state index contributed by atoms with van der Waals surface area (Å²) in [5, 5.41) is 4.82. The standard InChI is InChI=1S/C25H24Cl2F3N/c1-17(15-18-3-2-4-21(16-18)25(28,29)30)31-14-13-24(19-5-9-22(26)10-6-19)20-7-11-23(27)12-8-20/h2-12,16-17,24,31H,13-15H2,1H3. The van der Waals surface area contributed by atoms with E-state index in [0.29, 0.717) is 22.0 Å². The lowest BCUT2D eigenvalue weighted by Crippen LogP contribution is -2.30. The van der Waals surface area contributed by atoms with E-state index in [1.165, 1.54) is 12.1 Å². The van der Waals surface area contributed by atoms with E-state index in [9.17, 15) is 13.2 Å². The van der Waals surface area contributed by atoms with Gasteiger partial charge in [-0.15, -0.1) is 0 Å². The quantitative estimate of drug-likeness (QED) is 0.358. The smallest absolute Gasteiger partial charge is 0.314 e. The van der Waals surface area contributed by atoms with Gasteiger partial charge in [0.2, 0.25) is 0 Å². The fourth-order valence-electron chi connectivity index (χ4n) is 3.69. The fraction of sp³-hybridized carbons (Fsp3) is 0.280. The maximum Gasteiger partial charge on any atom is 0.416 e. The molecule has 0 amide bonds. The average molecular weight is 466 g/mol. The van der Waals surface area contributed by atoms with Crippen LogP contribution in [0.3, 0.4) is 0 Å². The molecule has 0 aromatic heterocycles. The van der Waals surface area contributed by atoms with Gasteiger partial charge in [0.05, 0.1) is 5.56 Å². The zero-order valence-corrected chi connectivity index (χ0v) is 18.6. The SMILES string of the molecule is CC(Cc1cccc(C(F)(F)F)c1)NCCC(c1ccc(Cl)cc1)c1ccc(Cl)cc1. The first-order valence-corrected chi connectivity index (χ1v) is 10.9. The first-order chi connectivity index (χ1) is 14.7. The second-order valence-corrected chi connectivity index (χ2v) is 8.57. The van der Waals surface area contributed by atoms with Crippen LogP contribution in [0.5, 0.6) is 0 Å². The molecule has 0 aliphatic carbocycles. The minimum absolute atomic E-state index is 0.0413. The monoisotopic (exact) mass is 465 g/mol. The summed E-state index contributed by atoms with van der Waals surface area (Å²) in [6.07, 6.45) is -2.97. The third kappa shape index (κ3) is 6.99. The molecule has 0 aliphatic heterocycles. The number of rotatable bonds is 8. The zero-order valence-electron chi connectivity index (χ0n) is 17.1. The van der Waals surface area contributed by atoms with Crippen molar-refractivity contribution in [2.75, 3.05) is 6.54 Å². The van der Waals surface area contributed by atoms with Gasteiger partial charge in [0.1, 0.15) is 0 Å². The molecule has 3 rings (SSSR count). The van der Waals surface area contributed by atoms with Crippen molar-refractivity contribution in [3.63, 3.8) is 0 Å². The average Bonchev–Trinajstić information content (AvgIpc) is 2.72. The predicted octanol–water partition coefficient (Wildman–Crippen LogP) is 7.76. The summed E-state index contributed by atoms with van der Waals surface area (Å²) in [5.41, 5.74) is 2.36. The lowest BCUT2D eigenvalue weighted by atomic mass is 9.88. The van der Waals surface area contributed by atoms with Crippen LogP contribution in [0.1, 0.15) is 41.5 Å². The van der Waals surface area contributed by atoms with Gasteiger partial charge < -0.3 is 5.32 Å². The van der Waals surface area contributed by atoms with Crippen molar-refractivity contribution in [3.05, 3.63) is 105 Å².